The summed E-state index contributed by atoms with van der Waals surface area (Å²) in [4.78, 5) is 26.8. The van der Waals surface area contributed by atoms with E-state index in [2.05, 4.69) is 35.6 Å². The molecule has 2 aromatic carbocycles. The molecule has 2 heterocycles. The van der Waals surface area contributed by atoms with Crippen LogP contribution in [0.25, 0.3) is 10.8 Å². The summed E-state index contributed by atoms with van der Waals surface area (Å²) in [7, 11) is 0. The second-order valence-corrected chi connectivity index (χ2v) is 8.74. The number of morpholine rings is 1. The van der Waals surface area contributed by atoms with E-state index in [0.29, 0.717) is 32.4 Å². The monoisotopic (exact) mass is 394 g/mol. The summed E-state index contributed by atoms with van der Waals surface area (Å²) in [5.74, 6) is 0.248. The molecule has 2 fully saturated rings. The minimum Gasteiger partial charge on any atom is -0.372 e. The Morgan fingerprint density at radius 2 is 1.86 bits per heavy atom. The van der Waals surface area contributed by atoms with Crippen LogP contribution in [-0.4, -0.2) is 47.6 Å². The highest BCUT2D eigenvalue weighted by Crippen LogP contribution is 2.31. The van der Waals surface area contributed by atoms with Gasteiger partial charge in [0.15, 0.2) is 0 Å². The number of ether oxygens (including phenoxy) is 1. The minimum absolute atomic E-state index is 0.0699. The van der Waals surface area contributed by atoms with Crippen LogP contribution in [0.4, 0.5) is 0 Å². The van der Waals surface area contributed by atoms with Gasteiger partial charge in [-0.2, -0.15) is 0 Å². The molecule has 29 heavy (non-hydrogen) atoms. The third kappa shape index (κ3) is 4.61. The van der Waals surface area contributed by atoms with Gasteiger partial charge in [0.1, 0.15) is 0 Å². The molecule has 2 aromatic rings. The smallest absolute Gasteiger partial charge is 0.222 e. The average molecular weight is 395 g/mol. The largest absolute Gasteiger partial charge is 0.372 e. The highest BCUT2D eigenvalue weighted by atomic mass is 16.5. The van der Waals surface area contributed by atoms with Gasteiger partial charge in [-0.1, -0.05) is 42.5 Å². The van der Waals surface area contributed by atoms with Gasteiger partial charge in [0.05, 0.1) is 12.2 Å². The molecule has 2 aliphatic heterocycles. The summed E-state index contributed by atoms with van der Waals surface area (Å²) >= 11 is 0. The molecule has 0 saturated carbocycles. The van der Waals surface area contributed by atoms with Crippen molar-refractivity contribution >= 4 is 22.6 Å². The molecule has 4 rings (SSSR count). The van der Waals surface area contributed by atoms with Crippen molar-refractivity contribution in [3.05, 3.63) is 48.0 Å². The Labute approximate surface area is 172 Å². The van der Waals surface area contributed by atoms with E-state index >= 15 is 0 Å². The van der Waals surface area contributed by atoms with E-state index in [1.54, 1.807) is 0 Å². The standard InChI is InChI=1S/C24H30N2O3/c1-17-15-26(16-18(2)29-17)23(28)10-12-24(11-9-22(27)25-24)14-19-7-8-20-5-3-4-6-21(20)13-19/h3-8,13,17-18H,9-12,14-16H2,1-2H3,(H,25,27)/t17-,18+,24-/m1/s1. The SMILES string of the molecule is C[C@@H]1CN(C(=O)CC[C@@]2(Cc3ccc4ccccc4c3)CCC(=O)N2)C[C@H](C)O1. The fourth-order valence-corrected chi connectivity index (χ4v) is 4.81. The summed E-state index contributed by atoms with van der Waals surface area (Å²) in [6.45, 7) is 5.31. The van der Waals surface area contributed by atoms with Gasteiger partial charge in [-0.3, -0.25) is 9.59 Å². The summed E-state index contributed by atoms with van der Waals surface area (Å²) in [5.41, 5.74) is 0.866. The first kappa shape index (κ1) is 19.9. The molecular formula is C24H30N2O3. The molecule has 0 unspecified atom stereocenters. The van der Waals surface area contributed by atoms with E-state index in [-0.39, 0.29) is 29.6 Å². The van der Waals surface area contributed by atoms with Gasteiger partial charge in [0.2, 0.25) is 11.8 Å². The van der Waals surface area contributed by atoms with Gasteiger partial charge in [-0.05, 0) is 49.4 Å². The van der Waals surface area contributed by atoms with Crippen molar-refractivity contribution < 1.29 is 14.3 Å². The Kier molecular flexibility index (Phi) is 5.59. The van der Waals surface area contributed by atoms with Crippen molar-refractivity contribution in [1.82, 2.24) is 10.2 Å². The van der Waals surface area contributed by atoms with Crippen LogP contribution in [0.1, 0.15) is 45.1 Å². The van der Waals surface area contributed by atoms with Crippen LogP contribution < -0.4 is 5.32 Å². The predicted molar refractivity (Wildman–Crippen MR) is 114 cm³/mol. The van der Waals surface area contributed by atoms with Crippen LogP contribution >= 0.6 is 0 Å². The molecule has 2 aliphatic rings. The zero-order valence-corrected chi connectivity index (χ0v) is 17.3. The molecule has 3 atom stereocenters. The lowest BCUT2D eigenvalue weighted by molar-refractivity contribution is -0.143. The second kappa shape index (κ2) is 8.15. The summed E-state index contributed by atoms with van der Waals surface area (Å²) in [6, 6.07) is 14.8. The lowest BCUT2D eigenvalue weighted by Gasteiger charge is -2.36. The normalized spacial score (nSPS) is 27.2. The number of fused-ring (bicyclic) bond motifs is 1. The number of nitrogens with one attached hydrogen (secondary N) is 1. The van der Waals surface area contributed by atoms with Crippen molar-refractivity contribution in [2.45, 2.75) is 63.7 Å². The van der Waals surface area contributed by atoms with E-state index in [1.807, 2.05) is 30.9 Å². The van der Waals surface area contributed by atoms with Crippen molar-refractivity contribution in [3.8, 4) is 0 Å². The van der Waals surface area contributed by atoms with Crippen molar-refractivity contribution in [3.63, 3.8) is 0 Å². The molecule has 5 nitrogen and oxygen atoms in total. The van der Waals surface area contributed by atoms with Crippen molar-refractivity contribution in [1.29, 1.82) is 0 Å². The molecule has 2 amide bonds. The number of carbonyl (C=O) groups excluding carboxylic acids is 2. The first-order valence-electron chi connectivity index (χ1n) is 10.6. The first-order valence-corrected chi connectivity index (χ1v) is 10.6. The molecule has 0 aliphatic carbocycles. The van der Waals surface area contributed by atoms with Gasteiger partial charge in [-0.15, -0.1) is 0 Å². The van der Waals surface area contributed by atoms with Crippen LogP contribution in [0.3, 0.4) is 0 Å². The third-order valence-corrected chi connectivity index (χ3v) is 6.18. The average Bonchev–Trinajstić information content (AvgIpc) is 3.06. The van der Waals surface area contributed by atoms with Crippen LogP contribution in [-0.2, 0) is 20.7 Å². The van der Waals surface area contributed by atoms with E-state index < -0.39 is 0 Å². The molecule has 2 saturated heterocycles. The Bertz CT molecular complexity index is 902. The summed E-state index contributed by atoms with van der Waals surface area (Å²) in [5, 5.41) is 5.63. The van der Waals surface area contributed by atoms with Crippen LogP contribution in [0, 0.1) is 0 Å². The second-order valence-electron chi connectivity index (χ2n) is 8.74. The topological polar surface area (TPSA) is 58.6 Å². The number of hydrogen-bond donors (Lipinski definition) is 1. The van der Waals surface area contributed by atoms with Gasteiger partial charge in [0.25, 0.3) is 0 Å². The minimum atomic E-state index is -0.335. The van der Waals surface area contributed by atoms with E-state index in [0.717, 1.165) is 12.8 Å². The van der Waals surface area contributed by atoms with Crippen LogP contribution in [0.5, 0.6) is 0 Å². The molecule has 5 heteroatoms. The quantitative estimate of drug-likeness (QED) is 0.845. The van der Waals surface area contributed by atoms with Gasteiger partial charge >= 0.3 is 0 Å². The molecule has 0 spiro atoms. The number of amides is 2. The van der Waals surface area contributed by atoms with E-state index in [1.165, 1.54) is 16.3 Å². The summed E-state index contributed by atoms with van der Waals surface area (Å²) in [6.07, 6.45) is 3.33. The molecule has 0 radical (unpaired) electrons. The molecular weight excluding hydrogens is 364 g/mol. The molecule has 1 N–H and O–H groups in total. The number of nitrogens with zero attached hydrogens (tertiary/aromatic N) is 1. The lowest BCUT2D eigenvalue weighted by atomic mass is 9.84. The molecule has 0 bridgehead atoms. The van der Waals surface area contributed by atoms with Crippen molar-refractivity contribution in [2.24, 2.45) is 0 Å². The Hall–Kier alpha value is -2.40. The fraction of sp³-hybridized carbons (Fsp3) is 0.500. The first-order chi connectivity index (χ1) is 13.9. The zero-order chi connectivity index (χ0) is 20.4. The number of benzene rings is 2. The Morgan fingerprint density at radius 1 is 1.14 bits per heavy atom. The van der Waals surface area contributed by atoms with Crippen LogP contribution in [0.2, 0.25) is 0 Å². The van der Waals surface area contributed by atoms with Crippen LogP contribution in [0.15, 0.2) is 42.5 Å². The maximum absolute atomic E-state index is 12.9. The predicted octanol–water partition coefficient (Wildman–Crippen LogP) is 3.45. The van der Waals surface area contributed by atoms with E-state index in [4.69, 9.17) is 4.74 Å². The van der Waals surface area contributed by atoms with Gasteiger partial charge in [-0.25, -0.2) is 0 Å². The maximum Gasteiger partial charge on any atom is 0.222 e. The summed E-state index contributed by atoms with van der Waals surface area (Å²) < 4.78 is 5.74. The zero-order valence-electron chi connectivity index (χ0n) is 17.3. The number of rotatable bonds is 5. The highest BCUT2D eigenvalue weighted by molar-refractivity contribution is 5.83. The Balaban J connectivity index is 1.46. The third-order valence-electron chi connectivity index (χ3n) is 6.18. The fourth-order valence-electron chi connectivity index (χ4n) is 4.81. The van der Waals surface area contributed by atoms with Gasteiger partial charge < -0.3 is 15.0 Å². The molecule has 0 aromatic heterocycles. The van der Waals surface area contributed by atoms with Crippen molar-refractivity contribution in [2.75, 3.05) is 13.1 Å². The molecule has 154 valence electrons. The highest BCUT2D eigenvalue weighted by Gasteiger charge is 2.38. The lowest BCUT2D eigenvalue weighted by Crippen LogP contribution is -2.49. The number of carbonyl (C=O) groups is 2. The van der Waals surface area contributed by atoms with E-state index in [9.17, 15) is 9.59 Å². The Morgan fingerprint density at radius 3 is 2.55 bits per heavy atom. The number of hydrogen-bond acceptors (Lipinski definition) is 3. The maximum atomic E-state index is 12.9. The van der Waals surface area contributed by atoms with Gasteiger partial charge in [0, 0.05) is 31.5 Å².